The van der Waals surface area contributed by atoms with Crippen molar-refractivity contribution in [3.63, 3.8) is 0 Å². The molecule has 0 aliphatic carbocycles. The highest BCUT2D eigenvalue weighted by molar-refractivity contribution is 6.04. The molecule has 3 aromatic rings. The van der Waals surface area contributed by atoms with Gasteiger partial charge in [-0.2, -0.15) is 14.9 Å². The Kier molecular flexibility index (Phi) is 3.92. The normalized spacial score (nSPS) is 15.9. The van der Waals surface area contributed by atoms with E-state index in [9.17, 15) is 9.59 Å². The smallest absolute Gasteiger partial charge is 0.233 e. The molecule has 26 heavy (non-hydrogen) atoms. The van der Waals surface area contributed by atoms with Gasteiger partial charge >= 0.3 is 0 Å². The van der Waals surface area contributed by atoms with E-state index in [0.29, 0.717) is 17.3 Å². The van der Waals surface area contributed by atoms with Crippen LogP contribution in [-0.4, -0.2) is 31.8 Å². The molecule has 8 heteroatoms. The van der Waals surface area contributed by atoms with Gasteiger partial charge in [0.25, 0.3) is 0 Å². The molecule has 1 unspecified atom stereocenters. The highest BCUT2D eigenvalue weighted by atomic mass is 16.2. The van der Waals surface area contributed by atoms with Crippen molar-refractivity contribution in [1.82, 2.24) is 20.0 Å². The number of aryl methyl sites for hydroxylation is 1. The second-order valence-corrected chi connectivity index (χ2v) is 6.04. The van der Waals surface area contributed by atoms with Crippen LogP contribution in [0.5, 0.6) is 0 Å². The molecule has 0 spiro atoms. The lowest BCUT2D eigenvalue weighted by Crippen LogP contribution is -2.31. The molecule has 1 aromatic carbocycles. The first-order valence-corrected chi connectivity index (χ1v) is 8.16. The number of carbonyl (C=O) groups excluding carboxylic acids is 2. The molecule has 1 aliphatic heterocycles. The number of amides is 2. The van der Waals surface area contributed by atoms with Gasteiger partial charge in [0.05, 0.1) is 17.8 Å². The first-order chi connectivity index (χ1) is 12.6. The molecule has 0 saturated carbocycles. The van der Waals surface area contributed by atoms with Gasteiger partial charge < -0.3 is 10.6 Å². The van der Waals surface area contributed by atoms with Crippen molar-refractivity contribution in [3.8, 4) is 5.82 Å². The van der Waals surface area contributed by atoms with Crippen molar-refractivity contribution in [1.29, 1.82) is 0 Å². The molecule has 2 amide bonds. The molecule has 3 heterocycles. The summed E-state index contributed by atoms with van der Waals surface area (Å²) in [5.41, 5.74) is 2.25. The lowest BCUT2D eigenvalue weighted by molar-refractivity contribution is -0.123. The predicted octanol–water partition coefficient (Wildman–Crippen LogP) is 2.04. The Hall–Kier alpha value is -3.55. The van der Waals surface area contributed by atoms with E-state index in [1.165, 1.54) is 4.68 Å². The van der Waals surface area contributed by atoms with Gasteiger partial charge in [0, 0.05) is 18.2 Å². The minimum atomic E-state index is -0.563. The molecular weight excluding hydrogens is 332 g/mol. The van der Waals surface area contributed by atoms with Crippen LogP contribution < -0.4 is 10.6 Å². The van der Waals surface area contributed by atoms with E-state index in [4.69, 9.17) is 0 Å². The topological polar surface area (TPSA) is 102 Å². The number of nitrogens with zero attached hydrogens (tertiary/aromatic N) is 4. The quantitative estimate of drug-likeness (QED) is 0.754. The molecule has 1 atom stereocenters. The zero-order valence-corrected chi connectivity index (χ0v) is 14.0. The van der Waals surface area contributed by atoms with Crippen molar-refractivity contribution in [2.24, 2.45) is 0 Å². The Morgan fingerprint density at radius 2 is 2.04 bits per heavy atom. The molecule has 0 radical (unpaired) electrons. The van der Waals surface area contributed by atoms with Gasteiger partial charge in [0.15, 0.2) is 5.82 Å². The fourth-order valence-corrected chi connectivity index (χ4v) is 2.94. The van der Waals surface area contributed by atoms with Gasteiger partial charge in [-0.15, -0.1) is 5.10 Å². The number of rotatable bonds is 3. The predicted molar refractivity (Wildman–Crippen MR) is 95.0 cm³/mol. The molecule has 1 aliphatic rings. The number of para-hydroxylation sites is 1. The minimum absolute atomic E-state index is 0.0985. The van der Waals surface area contributed by atoms with Gasteiger partial charge in [-0.05, 0) is 30.7 Å². The lowest BCUT2D eigenvalue weighted by Gasteiger charge is -2.24. The third-order valence-corrected chi connectivity index (χ3v) is 4.21. The highest BCUT2D eigenvalue weighted by Crippen LogP contribution is 2.32. The van der Waals surface area contributed by atoms with E-state index in [1.807, 2.05) is 31.2 Å². The first kappa shape index (κ1) is 15.9. The lowest BCUT2D eigenvalue weighted by atomic mass is 9.90. The number of nitrogens with one attached hydrogen (secondary N) is 2. The second-order valence-electron chi connectivity index (χ2n) is 6.04. The van der Waals surface area contributed by atoms with Crippen LogP contribution in [0.15, 0.2) is 48.7 Å². The third-order valence-electron chi connectivity index (χ3n) is 4.21. The van der Waals surface area contributed by atoms with E-state index in [2.05, 4.69) is 25.9 Å². The molecule has 2 N–H and O–H groups in total. The van der Waals surface area contributed by atoms with Gasteiger partial charge in [0.2, 0.25) is 11.8 Å². The third kappa shape index (κ3) is 2.92. The van der Waals surface area contributed by atoms with Crippen molar-refractivity contribution >= 4 is 23.3 Å². The summed E-state index contributed by atoms with van der Waals surface area (Å²) >= 11 is 0. The van der Waals surface area contributed by atoms with Gasteiger partial charge in [-0.3, -0.25) is 9.59 Å². The highest BCUT2D eigenvalue weighted by Gasteiger charge is 2.31. The minimum Gasteiger partial charge on any atom is -0.326 e. The standard InChI is InChI=1S/C18H16N6O2/c1-11-6-7-16(23-22-11)24-15(8-9-19-24)21-18(26)13-10-17(25)20-14-5-3-2-4-12(13)14/h2-9,13H,10H2,1H3,(H,20,25)(H,21,26). The molecule has 4 rings (SSSR count). The van der Waals surface area contributed by atoms with Crippen molar-refractivity contribution < 1.29 is 9.59 Å². The van der Waals surface area contributed by atoms with Crippen LogP contribution in [0.4, 0.5) is 11.5 Å². The number of hydrogen-bond acceptors (Lipinski definition) is 5. The van der Waals surface area contributed by atoms with E-state index in [1.54, 1.807) is 24.4 Å². The summed E-state index contributed by atoms with van der Waals surface area (Å²) in [7, 11) is 0. The number of fused-ring (bicyclic) bond motifs is 1. The van der Waals surface area contributed by atoms with Crippen LogP contribution >= 0.6 is 0 Å². The molecule has 0 saturated heterocycles. The summed E-state index contributed by atoms with van der Waals surface area (Å²) in [5.74, 6) is -0.0439. The maximum absolute atomic E-state index is 12.8. The second kappa shape index (κ2) is 6.40. The number of aromatic nitrogens is 4. The maximum Gasteiger partial charge on any atom is 0.233 e. The van der Waals surface area contributed by atoms with Crippen LogP contribution in [-0.2, 0) is 9.59 Å². The molecule has 8 nitrogen and oxygen atoms in total. The Morgan fingerprint density at radius 3 is 2.85 bits per heavy atom. The average Bonchev–Trinajstić information content (AvgIpc) is 3.09. The molecule has 0 bridgehead atoms. The van der Waals surface area contributed by atoms with Gasteiger partial charge in [0.1, 0.15) is 5.82 Å². The largest absolute Gasteiger partial charge is 0.326 e. The van der Waals surface area contributed by atoms with Crippen LogP contribution in [0, 0.1) is 6.92 Å². The van der Waals surface area contributed by atoms with Crippen molar-refractivity contribution in [2.75, 3.05) is 10.6 Å². The Balaban J connectivity index is 1.61. The van der Waals surface area contributed by atoms with E-state index in [-0.39, 0.29) is 18.2 Å². The SMILES string of the molecule is Cc1ccc(-n2nccc2NC(=O)C2CC(=O)Nc3ccccc32)nn1. The monoisotopic (exact) mass is 348 g/mol. The van der Waals surface area contributed by atoms with Crippen LogP contribution in [0.2, 0.25) is 0 Å². The van der Waals surface area contributed by atoms with E-state index >= 15 is 0 Å². The molecular formula is C18H16N6O2. The van der Waals surface area contributed by atoms with E-state index < -0.39 is 5.92 Å². The van der Waals surface area contributed by atoms with Crippen LogP contribution in [0.3, 0.4) is 0 Å². The fourth-order valence-electron chi connectivity index (χ4n) is 2.94. The van der Waals surface area contributed by atoms with Crippen LogP contribution in [0.25, 0.3) is 5.82 Å². The number of carbonyl (C=O) groups is 2. The molecule has 130 valence electrons. The summed E-state index contributed by atoms with van der Waals surface area (Å²) in [6.45, 7) is 1.84. The summed E-state index contributed by atoms with van der Waals surface area (Å²) in [6.07, 6.45) is 1.67. The van der Waals surface area contributed by atoms with Crippen LogP contribution in [0.1, 0.15) is 23.6 Å². The van der Waals surface area contributed by atoms with Gasteiger partial charge in [-0.1, -0.05) is 18.2 Å². The fraction of sp³-hybridized carbons (Fsp3) is 0.167. The molecule has 0 fully saturated rings. The van der Waals surface area contributed by atoms with Crippen molar-refractivity contribution in [2.45, 2.75) is 19.3 Å². The number of hydrogen-bond donors (Lipinski definition) is 2. The number of anilines is 2. The maximum atomic E-state index is 12.8. The summed E-state index contributed by atoms with van der Waals surface area (Å²) in [5, 5.41) is 17.9. The zero-order chi connectivity index (χ0) is 18.1. The van der Waals surface area contributed by atoms with Gasteiger partial charge in [-0.25, -0.2) is 0 Å². The first-order valence-electron chi connectivity index (χ1n) is 8.16. The Bertz CT molecular complexity index is 979. The summed E-state index contributed by atoms with van der Waals surface area (Å²) in [6, 6.07) is 12.6. The molecule has 2 aromatic heterocycles. The summed E-state index contributed by atoms with van der Waals surface area (Å²) < 4.78 is 1.50. The summed E-state index contributed by atoms with van der Waals surface area (Å²) in [4.78, 5) is 24.8. The Labute approximate surface area is 149 Å². The van der Waals surface area contributed by atoms with E-state index in [0.717, 1.165) is 11.3 Å². The zero-order valence-electron chi connectivity index (χ0n) is 14.0. The number of benzene rings is 1. The Morgan fingerprint density at radius 1 is 1.19 bits per heavy atom. The van der Waals surface area contributed by atoms with Crippen molar-refractivity contribution in [3.05, 3.63) is 59.9 Å². The average molecular weight is 348 g/mol.